The van der Waals surface area contributed by atoms with Crippen LogP contribution in [0.3, 0.4) is 0 Å². The highest BCUT2D eigenvalue weighted by Gasteiger charge is 2.40. The summed E-state index contributed by atoms with van der Waals surface area (Å²) in [4.78, 5) is 14.3. The van der Waals surface area contributed by atoms with Crippen molar-refractivity contribution in [3.05, 3.63) is 18.0 Å². The van der Waals surface area contributed by atoms with Gasteiger partial charge in [-0.1, -0.05) is 0 Å². The molecule has 0 aromatic carbocycles. The van der Waals surface area contributed by atoms with Gasteiger partial charge >= 0.3 is 0 Å². The Kier molecular flexibility index (Phi) is 5.83. The number of hydrogen-bond acceptors (Lipinski definition) is 4. The molecule has 3 aliphatic rings. The molecule has 1 spiro atoms. The molecule has 1 unspecified atom stereocenters. The van der Waals surface area contributed by atoms with Crippen molar-refractivity contribution in [1.29, 1.82) is 0 Å². The van der Waals surface area contributed by atoms with Crippen LogP contribution in [0.25, 0.3) is 0 Å². The van der Waals surface area contributed by atoms with Crippen LogP contribution in [0.5, 0.6) is 0 Å². The van der Waals surface area contributed by atoms with Gasteiger partial charge in [0.05, 0.1) is 11.8 Å². The number of nitrogens with zero attached hydrogens (tertiary/aromatic N) is 3. The highest BCUT2D eigenvalue weighted by atomic mass is 16.5. The number of carbonyl (C=O) groups is 1. The van der Waals surface area contributed by atoms with Crippen molar-refractivity contribution in [1.82, 2.24) is 20.0 Å². The van der Waals surface area contributed by atoms with Crippen molar-refractivity contribution < 1.29 is 9.53 Å². The molecule has 27 heavy (non-hydrogen) atoms. The highest BCUT2D eigenvalue weighted by molar-refractivity contribution is 5.80. The molecule has 1 aromatic heterocycles. The largest absolute Gasteiger partial charge is 0.375 e. The number of ether oxygens (including phenoxy) is 1. The molecule has 1 saturated carbocycles. The number of amides is 1. The maximum Gasteiger partial charge on any atom is 0.223 e. The fraction of sp³-hybridized carbons (Fsp3) is 0.810. The number of piperidine rings is 1. The maximum atomic E-state index is 11.8. The molecule has 0 bridgehead atoms. The Bertz CT molecular complexity index is 632. The summed E-state index contributed by atoms with van der Waals surface area (Å²) in [6, 6.07) is 0. The minimum atomic E-state index is 0.0769. The third kappa shape index (κ3) is 4.91. The van der Waals surface area contributed by atoms with E-state index in [9.17, 15) is 4.79 Å². The van der Waals surface area contributed by atoms with E-state index in [2.05, 4.69) is 28.4 Å². The van der Waals surface area contributed by atoms with Crippen LogP contribution in [0.2, 0.25) is 0 Å². The molecule has 3 heterocycles. The Labute approximate surface area is 162 Å². The number of aromatic nitrogens is 2. The molecule has 0 radical (unpaired) electrons. The number of likely N-dealkylation sites (tertiary alicyclic amines) is 1. The van der Waals surface area contributed by atoms with Crippen molar-refractivity contribution in [3.63, 3.8) is 0 Å². The zero-order valence-electron chi connectivity index (χ0n) is 16.7. The van der Waals surface area contributed by atoms with Gasteiger partial charge in [-0.15, -0.1) is 0 Å². The van der Waals surface area contributed by atoms with Gasteiger partial charge in [-0.2, -0.15) is 5.10 Å². The van der Waals surface area contributed by atoms with E-state index in [0.717, 1.165) is 84.3 Å². The summed E-state index contributed by atoms with van der Waals surface area (Å²) in [6.07, 6.45) is 12.0. The molecule has 4 rings (SSSR count). The van der Waals surface area contributed by atoms with Crippen LogP contribution in [0.15, 0.2) is 12.4 Å². The predicted molar refractivity (Wildman–Crippen MR) is 104 cm³/mol. The summed E-state index contributed by atoms with van der Waals surface area (Å²) in [7, 11) is 0. The van der Waals surface area contributed by atoms with Gasteiger partial charge in [0.15, 0.2) is 0 Å². The van der Waals surface area contributed by atoms with Crippen LogP contribution >= 0.6 is 0 Å². The monoisotopic (exact) mass is 374 g/mol. The Morgan fingerprint density at radius 2 is 2.15 bits per heavy atom. The quantitative estimate of drug-likeness (QED) is 0.797. The smallest absolute Gasteiger partial charge is 0.223 e. The van der Waals surface area contributed by atoms with E-state index in [1.807, 2.05) is 10.9 Å². The van der Waals surface area contributed by atoms with Crippen molar-refractivity contribution in [2.24, 2.45) is 11.8 Å². The summed E-state index contributed by atoms with van der Waals surface area (Å²) in [6.45, 7) is 7.96. The predicted octanol–water partition coefficient (Wildman–Crippen LogP) is 2.58. The van der Waals surface area contributed by atoms with Gasteiger partial charge in [0.25, 0.3) is 0 Å². The second-order valence-corrected chi connectivity index (χ2v) is 8.72. The van der Waals surface area contributed by atoms with Crippen LogP contribution in [0.4, 0.5) is 0 Å². The lowest BCUT2D eigenvalue weighted by molar-refractivity contribution is -0.129. The molecule has 1 aromatic rings. The molecule has 2 saturated heterocycles. The Morgan fingerprint density at radius 3 is 2.85 bits per heavy atom. The van der Waals surface area contributed by atoms with E-state index in [-0.39, 0.29) is 11.5 Å². The van der Waals surface area contributed by atoms with Crippen LogP contribution in [0.1, 0.15) is 57.4 Å². The van der Waals surface area contributed by atoms with Crippen LogP contribution in [-0.2, 0) is 22.6 Å². The van der Waals surface area contributed by atoms with Gasteiger partial charge in [-0.3, -0.25) is 14.4 Å². The number of carbonyl (C=O) groups excluding carboxylic acids is 1. The molecule has 1 N–H and O–H groups in total. The van der Waals surface area contributed by atoms with E-state index in [4.69, 9.17) is 4.74 Å². The maximum absolute atomic E-state index is 11.8. The minimum absolute atomic E-state index is 0.0769. The van der Waals surface area contributed by atoms with Gasteiger partial charge < -0.3 is 10.1 Å². The first-order valence-corrected chi connectivity index (χ1v) is 10.8. The zero-order chi connectivity index (χ0) is 18.7. The van der Waals surface area contributed by atoms with E-state index in [0.29, 0.717) is 11.8 Å². The lowest BCUT2D eigenvalue weighted by atomic mass is 9.78. The summed E-state index contributed by atoms with van der Waals surface area (Å²) in [5.74, 6) is 1.28. The van der Waals surface area contributed by atoms with Crippen molar-refractivity contribution in [2.75, 3.05) is 26.2 Å². The normalized spacial score (nSPS) is 25.6. The fourth-order valence-corrected chi connectivity index (χ4v) is 4.65. The lowest BCUT2D eigenvalue weighted by Gasteiger charge is -2.46. The molecule has 2 aliphatic heterocycles. The average molecular weight is 375 g/mol. The van der Waals surface area contributed by atoms with Gasteiger partial charge in [0.1, 0.15) is 0 Å². The van der Waals surface area contributed by atoms with Crippen molar-refractivity contribution in [2.45, 2.75) is 70.6 Å². The number of hydrogen-bond donors (Lipinski definition) is 1. The fourth-order valence-electron chi connectivity index (χ4n) is 4.65. The molecular weight excluding hydrogens is 340 g/mol. The second kappa shape index (κ2) is 8.31. The first-order chi connectivity index (χ1) is 13.2. The summed E-state index contributed by atoms with van der Waals surface area (Å²) in [5.41, 5.74) is 1.38. The second-order valence-electron chi connectivity index (χ2n) is 8.72. The number of nitrogens with one attached hydrogen (secondary N) is 1. The molecule has 1 atom stereocenters. The van der Waals surface area contributed by atoms with Gasteiger partial charge in [0.2, 0.25) is 5.91 Å². The first-order valence-electron chi connectivity index (χ1n) is 10.8. The van der Waals surface area contributed by atoms with Crippen molar-refractivity contribution >= 4 is 5.91 Å². The number of aryl methyl sites for hydroxylation is 1. The first kappa shape index (κ1) is 18.9. The molecular formula is C21H34N4O2. The van der Waals surface area contributed by atoms with Crippen molar-refractivity contribution in [3.8, 4) is 0 Å². The third-order valence-electron chi connectivity index (χ3n) is 6.58. The van der Waals surface area contributed by atoms with E-state index < -0.39 is 0 Å². The van der Waals surface area contributed by atoms with Crippen LogP contribution in [-0.4, -0.2) is 52.4 Å². The van der Waals surface area contributed by atoms with Gasteiger partial charge in [0, 0.05) is 57.0 Å². The molecule has 150 valence electrons. The lowest BCUT2D eigenvalue weighted by Crippen LogP contribution is -2.49. The zero-order valence-corrected chi connectivity index (χ0v) is 16.7. The average Bonchev–Trinajstić information content (AvgIpc) is 3.44. The standard InChI is InChI=1S/C21H34N4O2/c1-2-25-16-18(14-23-25)15-24-10-7-21(8-11-24)13-17(6-12-27-21)5-9-22-20(26)19-3-4-19/h14,16-17,19H,2-13,15H2,1H3,(H,22,26). The molecule has 6 nitrogen and oxygen atoms in total. The topological polar surface area (TPSA) is 59.4 Å². The Balaban J connectivity index is 1.21. The highest BCUT2D eigenvalue weighted by Crippen LogP contribution is 2.39. The van der Waals surface area contributed by atoms with Crippen LogP contribution in [0, 0.1) is 11.8 Å². The minimum Gasteiger partial charge on any atom is -0.375 e. The molecule has 6 heteroatoms. The summed E-state index contributed by atoms with van der Waals surface area (Å²) in [5, 5.41) is 7.51. The van der Waals surface area contributed by atoms with E-state index >= 15 is 0 Å². The van der Waals surface area contributed by atoms with Crippen LogP contribution < -0.4 is 5.32 Å². The van der Waals surface area contributed by atoms with E-state index in [1.165, 1.54) is 5.56 Å². The molecule has 1 amide bonds. The number of rotatable bonds is 7. The summed E-state index contributed by atoms with van der Waals surface area (Å²) >= 11 is 0. The van der Waals surface area contributed by atoms with E-state index in [1.54, 1.807) is 0 Å². The SMILES string of the molecule is CCn1cc(CN2CCC3(CC2)CC(CCNC(=O)C2CC2)CCO3)cn1. The Hall–Kier alpha value is -1.40. The Morgan fingerprint density at radius 1 is 1.33 bits per heavy atom. The third-order valence-corrected chi connectivity index (χ3v) is 6.58. The van der Waals surface area contributed by atoms with Gasteiger partial charge in [-0.05, 0) is 57.8 Å². The summed E-state index contributed by atoms with van der Waals surface area (Å²) < 4.78 is 8.30. The molecule has 3 fully saturated rings. The van der Waals surface area contributed by atoms with Gasteiger partial charge in [-0.25, -0.2) is 0 Å². The molecule has 1 aliphatic carbocycles.